The number of rotatable bonds is 7. The number of hydrogen-bond acceptors (Lipinski definition) is 4. The Balaban J connectivity index is 1.99. The zero-order chi connectivity index (χ0) is 15.1. The van der Waals surface area contributed by atoms with Gasteiger partial charge in [0.2, 0.25) is 0 Å². The Morgan fingerprint density at radius 1 is 1.29 bits per heavy atom. The van der Waals surface area contributed by atoms with Gasteiger partial charge in [-0.3, -0.25) is 4.79 Å². The number of hydrogen-bond donors (Lipinski definition) is 1. The molecule has 0 radical (unpaired) electrons. The van der Waals surface area contributed by atoms with Crippen molar-refractivity contribution < 1.29 is 18.7 Å². The number of nitrogens with one attached hydrogen (secondary N) is 1. The molecule has 0 saturated heterocycles. The van der Waals surface area contributed by atoms with E-state index < -0.39 is 0 Å². The van der Waals surface area contributed by atoms with Crippen molar-refractivity contribution in [1.29, 1.82) is 0 Å². The molecule has 0 unspecified atom stereocenters. The molecule has 2 rings (SSSR count). The fourth-order valence-electron chi connectivity index (χ4n) is 1.83. The van der Waals surface area contributed by atoms with Crippen molar-refractivity contribution >= 4 is 5.91 Å². The molecule has 112 valence electrons. The van der Waals surface area contributed by atoms with Crippen molar-refractivity contribution in [3.05, 3.63) is 47.9 Å². The molecule has 0 atom stereocenters. The maximum absolute atomic E-state index is 11.8. The van der Waals surface area contributed by atoms with Gasteiger partial charge in [-0.2, -0.15) is 0 Å². The minimum absolute atomic E-state index is 0.245. The van der Waals surface area contributed by atoms with E-state index in [2.05, 4.69) is 5.32 Å². The molecule has 5 nitrogen and oxygen atoms in total. The second kappa shape index (κ2) is 7.38. The summed E-state index contributed by atoms with van der Waals surface area (Å²) in [4.78, 5) is 11.8. The second-order valence-corrected chi connectivity index (χ2v) is 4.49. The van der Waals surface area contributed by atoms with Gasteiger partial charge in [-0.1, -0.05) is 13.0 Å². The van der Waals surface area contributed by atoms with Crippen LogP contribution in [-0.2, 0) is 6.54 Å². The van der Waals surface area contributed by atoms with Gasteiger partial charge in [0.25, 0.3) is 5.91 Å². The highest BCUT2D eigenvalue weighted by molar-refractivity contribution is 5.91. The smallest absolute Gasteiger partial charge is 0.287 e. The van der Waals surface area contributed by atoms with Crippen LogP contribution in [0.15, 0.2) is 41.0 Å². The molecule has 1 amide bonds. The fraction of sp³-hybridized carbons (Fsp3) is 0.312. The highest BCUT2D eigenvalue weighted by atomic mass is 16.5. The van der Waals surface area contributed by atoms with Crippen LogP contribution in [0.3, 0.4) is 0 Å². The molecule has 0 fully saturated rings. The van der Waals surface area contributed by atoms with E-state index in [0.29, 0.717) is 30.4 Å². The van der Waals surface area contributed by atoms with E-state index in [1.807, 2.05) is 25.1 Å². The molecule has 1 N–H and O–H groups in total. The Morgan fingerprint density at radius 2 is 2.14 bits per heavy atom. The van der Waals surface area contributed by atoms with E-state index in [9.17, 15) is 4.79 Å². The quantitative estimate of drug-likeness (QED) is 0.851. The van der Waals surface area contributed by atoms with Crippen molar-refractivity contribution in [2.75, 3.05) is 13.7 Å². The molecule has 0 saturated carbocycles. The number of furan rings is 1. The summed E-state index contributed by atoms with van der Waals surface area (Å²) in [5.74, 6) is 1.42. The molecule has 0 aliphatic heterocycles. The van der Waals surface area contributed by atoms with E-state index in [4.69, 9.17) is 13.9 Å². The summed E-state index contributed by atoms with van der Waals surface area (Å²) in [6.07, 6.45) is 2.40. The fourth-order valence-corrected chi connectivity index (χ4v) is 1.83. The number of ether oxygens (including phenoxy) is 2. The van der Waals surface area contributed by atoms with E-state index in [-0.39, 0.29) is 5.91 Å². The lowest BCUT2D eigenvalue weighted by molar-refractivity contribution is 0.0923. The predicted octanol–water partition coefficient (Wildman–Crippen LogP) is 3.01. The van der Waals surface area contributed by atoms with Gasteiger partial charge in [0, 0.05) is 6.54 Å². The first-order valence-corrected chi connectivity index (χ1v) is 6.86. The summed E-state index contributed by atoms with van der Waals surface area (Å²) in [6, 6.07) is 8.90. The minimum atomic E-state index is -0.245. The Labute approximate surface area is 123 Å². The third-order valence-corrected chi connectivity index (χ3v) is 2.89. The summed E-state index contributed by atoms with van der Waals surface area (Å²) in [6.45, 7) is 3.08. The average Bonchev–Trinajstić information content (AvgIpc) is 3.05. The summed E-state index contributed by atoms with van der Waals surface area (Å²) >= 11 is 0. The summed E-state index contributed by atoms with van der Waals surface area (Å²) in [7, 11) is 1.60. The topological polar surface area (TPSA) is 60.7 Å². The van der Waals surface area contributed by atoms with Crippen LogP contribution in [0.1, 0.15) is 29.5 Å². The second-order valence-electron chi connectivity index (χ2n) is 4.49. The van der Waals surface area contributed by atoms with Crippen LogP contribution in [0.4, 0.5) is 0 Å². The number of carbonyl (C=O) groups is 1. The molecule has 1 aromatic heterocycles. The monoisotopic (exact) mass is 289 g/mol. The van der Waals surface area contributed by atoms with Gasteiger partial charge in [-0.25, -0.2) is 0 Å². The largest absolute Gasteiger partial charge is 0.493 e. The normalized spacial score (nSPS) is 10.2. The van der Waals surface area contributed by atoms with Crippen molar-refractivity contribution in [3.63, 3.8) is 0 Å². The highest BCUT2D eigenvalue weighted by Gasteiger charge is 2.09. The van der Waals surface area contributed by atoms with Crippen LogP contribution in [0.2, 0.25) is 0 Å². The van der Waals surface area contributed by atoms with E-state index in [1.165, 1.54) is 6.26 Å². The maximum Gasteiger partial charge on any atom is 0.287 e. The van der Waals surface area contributed by atoms with Gasteiger partial charge in [0.1, 0.15) is 0 Å². The Bertz CT molecular complexity index is 578. The molecule has 1 heterocycles. The van der Waals surface area contributed by atoms with Gasteiger partial charge < -0.3 is 19.2 Å². The SMILES string of the molecule is CCCOc1ccc(CNC(=O)c2ccco2)cc1OC. The van der Waals surface area contributed by atoms with Gasteiger partial charge in [-0.15, -0.1) is 0 Å². The molecular weight excluding hydrogens is 270 g/mol. The lowest BCUT2D eigenvalue weighted by Crippen LogP contribution is -2.22. The van der Waals surface area contributed by atoms with Crippen LogP contribution < -0.4 is 14.8 Å². The molecule has 1 aromatic carbocycles. The summed E-state index contributed by atoms with van der Waals surface area (Å²) in [5, 5.41) is 2.79. The summed E-state index contributed by atoms with van der Waals surface area (Å²) in [5.41, 5.74) is 0.926. The first-order valence-electron chi connectivity index (χ1n) is 6.86. The molecule has 0 spiro atoms. The minimum Gasteiger partial charge on any atom is -0.493 e. The molecule has 0 bridgehead atoms. The molecule has 2 aromatic rings. The summed E-state index contributed by atoms with van der Waals surface area (Å²) < 4.78 is 15.9. The molecule has 21 heavy (non-hydrogen) atoms. The van der Waals surface area contributed by atoms with Crippen LogP contribution in [0.5, 0.6) is 11.5 Å². The third-order valence-electron chi connectivity index (χ3n) is 2.89. The van der Waals surface area contributed by atoms with Crippen molar-refractivity contribution in [3.8, 4) is 11.5 Å². The van der Waals surface area contributed by atoms with Crippen LogP contribution in [-0.4, -0.2) is 19.6 Å². The number of benzene rings is 1. The lowest BCUT2D eigenvalue weighted by atomic mass is 10.2. The predicted molar refractivity (Wildman–Crippen MR) is 78.7 cm³/mol. The zero-order valence-corrected chi connectivity index (χ0v) is 12.2. The zero-order valence-electron chi connectivity index (χ0n) is 12.2. The van der Waals surface area contributed by atoms with E-state index in [1.54, 1.807) is 19.2 Å². The van der Waals surface area contributed by atoms with E-state index >= 15 is 0 Å². The van der Waals surface area contributed by atoms with Crippen LogP contribution >= 0.6 is 0 Å². The molecule has 5 heteroatoms. The highest BCUT2D eigenvalue weighted by Crippen LogP contribution is 2.28. The lowest BCUT2D eigenvalue weighted by Gasteiger charge is -2.12. The molecule has 0 aliphatic carbocycles. The number of methoxy groups -OCH3 is 1. The Kier molecular flexibility index (Phi) is 5.26. The average molecular weight is 289 g/mol. The molecular formula is C16H19NO4. The Hall–Kier alpha value is -2.43. The standard InChI is InChI=1S/C16H19NO4/c1-3-8-20-13-7-6-12(10-15(13)19-2)11-17-16(18)14-5-4-9-21-14/h4-7,9-10H,3,8,11H2,1-2H3,(H,17,18). The first-order chi connectivity index (χ1) is 10.2. The Morgan fingerprint density at radius 3 is 2.81 bits per heavy atom. The van der Waals surface area contributed by atoms with Gasteiger partial charge in [0.15, 0.2) is 17.3 Å². The number of carbonyl (C=O) groups excluding carboxylic acids is 1. The van der Waals surface area contributed by atoms with E-state index in [0.717, 1.165) is 12.0 Å². The number of amides is 1. The van der Waals surface area contributed by atoms with Gasteiger partial charge in [-0.05, 0) is 36.2 Å². The van der Waals surface area contributed by atoms with Crippen molar-refractivity contribution in [2.24, 2.45) is 0 Å². The molecule has 0 aliphatic rings. The van der Waals surface area contributed by atoms with Crippen molar-refractivity contribution in [1.82, 2.24) is 5.32 Å². The van der Waals surface area contributed by atoms with Crippen LogP contribution in [0, 0.1) is 0 Å². The van der Waals surface area contributed by atoms with Gasteiger partial charge in [0.05, 0.1) is 20.0 Å². The maximum atomic E-state index is 11.8. The van der Waals surface area contributed by atoms with Crippen molar-refractivity contribution in [2.45, 2.75) is 19.9 Å². The van der Waals surface area contributed by atoms with Gasteiger partial charge >= 0.3 is 0 Å². The third kappa shape index (κ3) is 4.02. The van der Waals surface area contributed by atoms with Crippen LogP contribution in [0.25, 0.3) is 0 Å². The first kappa shape index (κ1) is 15.0.